The van der Waals surface area contributed by atoms with E-state index in [2.05, 4.69) is 26.0 Å². The number of aliphatic hydroxyl groups excluding tert-OH is 1. The van der Waals surface area contributed by atoms with E-state index in [9.17, 15) is 5.11 Å². The van der Waals surface area contributed by atoms with Crippen LogP contribution in [0.15, 0.2) is 12.2 Å². The molecule has 0 unspecified atom stereocenters. The molecule has 1 heteroatoms. The molecule has 112 valence electrons. The largest absolute Gasteiger partial charge is 0.393 e. The van der Waals surface area contributed by atoms with E-state index in [0.29, 0.717) is 5.41 Å². The first-order valence-corrected chi connectivity index (χ1v) is 8.89. The van der Waals surface area contributed by atoms with E-state index in [1.165, 1.54) is 44.9 Å². The van der Waals surface area contributed by atoms with Crippen molar-refractivity contribution in [3.8, 4) is 0 Å². The molecule has 0 heterocycles. The molecule has 0 bridgehead atoms. The minimum absolute atomic E-state index is 0.0229. The second kappa shape index (κ2) is 4.35. The maximum atomic E-state index is 10.5. The Bertz CT molecular complexity index is 427. The van der Waals surface area contributed by atoms with Gasteiger partial charge in [-0.2, -0.15) is 0 Å². The summed E-state index contributed by atoms with van der Waals surface area (Å²) in [5.74, 6) is 3.57. The Morgan fingerprint density at radius 2 is 1.70 bits per heavy atom. The van der Waals surface area contributed by atoms with Crippen LogP contribution < -0.4 is 0 Å². The number of fused-ring (bicyclic) bond motifs is 5. The molecule has 3 fully saturated rings. The van der Waals surface area contributed by atoms with Gasteiger partial charge >= 0.3 is 0 Å². The Hall–Kier alpha value is -0.300. The van der Waals surface area contributed by atoms with Crippen LogP contribution in [0.2, 0.25) is 0 Å². The summed E-state index contributed by atoms with van der Waals surface area (Å²) in [7, 11) is 0. The van der Waals surface area contributed by atoms with Crippen molar-refractivity contribution in [2.75, 3.05) is 0 Å². The minimum atomic E-state index is -0.0229. The zero-order valence-corrected chi connectivity index (χ0v) is 13.1. The summed E-state index contributed by atoms with van der Waals surface area (Å²) < 4.78 is 0. The van der Waals surface area contributed by atoms with Gasteiger partial charge in [0, 0.05) is 0 Å². The van der Waals surface area contributed by atoms with E-state index in [-0.39, 0.29) is 11.5 Å². The molecule has 7 atom stereocenters. The van der Waals surface area contributed by atoms with Gasteiger partial charge in [-0.1, -0.05) is 26.0 Å². The molecule has 0 aromatic rings. The number of hydrogen-bond donors (Lipinski definition) is 1. The van der Waals surface area contributed by atoms with Crippen LogP contribution in [-0.4, -0.2) is 11.2 Å². The van der Waals surface area contributed by atoms with Crippen LogP contribution in [0, 0.1) is 34.5 Å². The summed E-state index contributed by atoms with van der Waals surface area (Å²) in [5.41, 5.74) is 0.807. The fraction of sp³-hybridized carbons (Fsp3) is 0.895. The molecule has 0 amide bonds. The first-order valence-electron chi connectivity index (χ1n) is 8.89. The Morgan fingerprint density at radius 1 is 0.900 bits per heavy atom. The highest BCUT2D eigenvalue weighted by molar-refractivity contribution is 5.12. The second-order valence-electron chi connectivity index (χ2n) is 8.71. The Labute approximate surface area is 123 Å². The van der Waals surface area contributed by atoms with Crippen molar-refractivity contribution in [1.82, 2.24) is 0 Å². The zero-order chi connectivity index (χ0) is 14.0. The lowest BCUT2D eigenvalue weighted by molar-refractivity contribution is -0.108. The van der Waals surface area contributed by atoms with Crippen LogP contribution in [0.4, 0.5) is 0 Å². The molecule has 0 aromatic carbocycles. The molecule has 0 saturated heterocycles. The topological polar surface area (TPSA) is 20.2 Å². The maximum Gasteiger partial charge on any atom is 0.0596 e. The van der Waals surface area contributed by atoms with Gasteiger partial charge in [0.2, 0.25) is 0 Å². The average molecular weight is 274 g/mol. The molecule has 0 spiro atoms. The normalized spacial score (nSPS) is 57.9. The predicted molar refractivity (Wildman–Crippen MR) is 82.3 cm³/mol. The van der Waals surface area contributed by atoms with Gasteiger partial charge < -0.3 is 5.11 Å². The summed E-state index contributed by atoms with van der Waals surface area (Å²) in [6.45, 7) is 4.98. The molecule has 4 rings (SSSR count). The van der Waals surface area contributed by atoms with E-state index in [1.807, 2.05) is 0 Å². The highest BCUT2D eigenvalue weighted by Crippen LogP contribution is 2.65. The molecule has 0 aromatic heterocycles. The fourth-order valence-corrected chi connectivity index (χ4v) is 6.81. The molecule has 0 radical (unpaired) electrons. The van der Waals surface area contributed by atoms with Crippen molar-refractivity contribution in [3.63, 3.8) is 0 Å². The number of rotatable bonds is 0. The van der Waals surface area contributed by atoms with Crippen LogP contribution in [0.25, 0.3) is 0 Å². The summed E-state index contributed by atoms with van der Waals surface area (Å²) in [5, 5.41) is 10.5. The lowest BCUT2D eigenvalue weighted by atomic mass is 9.46. The third kappa shape index (κ3) is 1.59. The van der Waals surface area contributed by atoms with Crippen molar-refractivity contribution in [2.24, 2.45) is 34.5 Å². The van der Waals surface area contributed by atoms with Crippen LogP contribution in [0.3, 0.4) is 0 Å². The first kappa shape index (κ1) is 13.4. The van der Waals surface area contributed by atoms with Crippen LogP contribution in [-0.2, 0) is 0 Å². The minimum Gasteiger partial charge on any atom is -0.393 e. The summed E-state index contributed by atoms with van der Waals surface area (Å²) in [6, 6.07) is 0. The summed E-state index contributed by atoms with van der Waals surface area (Å²) >= 11 is 0. The van der Waals surface area contributed by atoms with Crippen LogP contribution in [0.5, 0.6) is 0 Å². The van der Waals surface area contributed by atoms with Gasteiger partial charge in [0.15, 0.2) is 0 Å². The van der Waals surface area contributed by atoms with Gasteiger partial charge in [0.25, 0.3) is 0 Å². The predicted octanol–water partition coefficient (Wildman–Crippen LogP) is 4.56. The monoisotopic (exact) mass is 274 g/mol. The number of aliphatic hydroxyl groups is 1. The summed E-state index contributed by atoms with van der Waals surface area (Å²) in [6.07, 6.45) is 15.4. The van der Waals surface area contributed by atoms with Crippen molar-refractivity contribution in [1.29, 1.82) is 0 Å². The lowest BCUT2D eigenvalue weighted by Crippen LogP contribution is -2.52. The van der Waals surface area contributed by atoms with Gasteiger partial charge in [0.05, 0.1) is 6.10 Å². The lowest BCUT2D eigenvalue weighted by Gasteiger charge is -2.59. The number of hydrogen-bond acceptors (Lipinski definition) is 1. The van der Waals surface area contributed by atoms with Crippen molar-refractivity contribution >= 4 is 0 Å². The van der Waals surface area contributed by atoms with Gasteiger partial charge in [-0.15, -0.1) is 0 Å². The SMILES string of the molecule is C[C@]12CC=CC[C@H]1CC[C@@H]1[C@@H]2CC[C@]2(C)[C@@H](O)CC[C@@H]12. The maximum absolute atomic E-state index is 10.5. The molecular weight excluding hydrogens is 244 g/mol. The fourth-order valence-electron chi connectivity index (χ4n) is 6.81. The average Bonchev–Trinajstić information content (AvgIpc) is 2.74. The number of allylic oxidation sites excluding steroid dienone is 2. The third-order valence-corrected chi connectivity index (χ3v) is 8.16. The molecule has 1 N–H and O–H groups in total. The van der Waals surface area contributed by atoms with Gasteiger partial charge in [0.1, 0.15) is 0 Å². The standard InChI is InChI=1S/C19H30O/c1-18-11-4-3-5-13(18)6-7-14-15-8-9-17(20)19(15,2)12-10-16(14)18/h3-4,13-17,20H,5-12H2,1-2H3/t13-,14-,15-,16-,17-,18-,19-/m0/s1. The van der Waals surface area contributed by atoms with E-state index in [0.717, 1.165) is 30.1 Å². The van der Waals surface area contributed by atoms with Crippen molar-refractivity contribution in [3.05, 3.63) is 12.2 Å². The Kier molecular flexibility index (Phi) is 2.91. The molecule has 4 aliphatic rings. The van der Waals surface area contributed by atoms with Gasteiger partial charge in [-0.3, -0.25) is 0 Å². The van der Waals surface area contributed by atoms with Gasteiger partial charge in [-0.05, 0) is 85.9 Å². The van der Waals surface area contributed by atoms with E-state index < -0.39 is 0 Å². The van der Waals surface area contributed by atoms with Crippen molar-refractivity contribution < 1.29 is 5.11 Å². The smallest absolute Gasteiger partial charge is 0.0596 e. The highest BCUT2D eigenvalue weighted by Gasteiger charge is 2.59. The zero-order valence-electron chi connectivity index (χ0n) is 13.1. The van der Waals surface area contributed by atoms with E-state index >= 15 is 0 Å². The molecule has 20 heavy (non-hydrogen) atoms. The van der Waals surface area contributed by atoms with Crippen LogP contribution >= 0.6 is 0 Å². The van der Waals surface area contributed by atoms with Gasteiger partial charge in [-0.25, -0.2) is 0 Å². The molecule has 1 nitrogen and oxygen atoms in total. The van der Waals surface area contributed by atoms with Crippen LogP contribution in [0.1, 0.15) is 65.2 Å². The molecular formula is C19H30O. The van der Waals surface area contributed by atoms with Crippen molar-refractivity contribution in [2.45, 2.75) is 71.3 Å². The Morgan fingerprint density at radius 3 is 2.55 bits per heavy atom. The third-order valence-electron chi connectivity index (χ3n) is 8.16. The molecule has 0 aliphatic heterocycles. The quantitative estimate of drug-likeness (QED) is 0.642. The Balaban J connectivity index is 1.66. The highest BCUT2D eigenvalue weighted by atomic mass is 16.3. The molecule has 4 aliphatic carbocycles. The van der Waals surface area contributed by atoms with E-state index in [4.69, 9.17) is 0 Å². The second-order valence-corrected chi connectivity index (χ2v) is 8.71. The summed E-state index contributed by atoms with van der Waals surface area (Å²) in [4.78, 5) is 0. The molecule has 3 saturated carbocycles. The first-order chi connectivity index (χ1) is 9.56. The van der Waals surface area contributed by atoms with E-state index in [1.54, 1.807) is 0 Å².